The summed E-state index contributed by atoms with van der Waals surface area (Å²) in [7, 11) is 0. The first kappa shape index (κ1) is 26.2. The number of carbonyl (C=O) groups excluding carboxylic acids is 2. The van der Waals surface area contributed by atoms with Crippen LogP contribution in [-0.4, -0.2) is 87.3 Å². The molecule has 3 N–H and O–H groups in total. The number of nitrogens with zero attached hydrogens (tertiary/aromatic N) is 2. The zero-order valence-electron chi connectivity index (χ0n) is 19.9. The van der Waals surface area contributed by atoms with E-state index >= 15 is 0 Å². The number of aliphatic hydroxyl groups is 3. The number of Topliss-reactive ketones (excluding diaryl/α,β-unsaturated/α-hetero) is 1. The van der Waals surface area contributed by atoms with Gasteiger partial charge in [-0.1, -0.05) is 53.4 Å². The largest absolute Gasteiger partial charge is 0.394 e. The topological polar surface area (TPSA) is 101 Å². The minimum Gasteiger partial charge on any atom is -0.394 e. The Morgan fingerprint density at radius 1 is 1.10 bits per heavy atom. The van der Waals surface area contributed by atoms with Gasteiger partial charge in [-0.15, -0.1) is 0 Å². The first-order valence-electron chi connectivity index (χ1n) is 12.1. The van der Waals surface area contributed by atoms with Crippen molar-refractivity contribution < 1.29 is 24.9 Å². The molecular formula is C24H44N2O5. The first-order chi connectivity index (χ1) is 14.6. The lowest BCUT2D eigenvalue weighted by atomic mass is 9.83. The van der Waals surface area contributed by atoms with Crippen LogP contribution in [0.1, 0.15) is 79.1 Å². The molecule has 0 aromatic carbocycles. The normalized spacial score (nSPS) is 30.4. The van der Waals surface area contributed by atoms with Crippen molar-refractivity contribution in [2.75, 3.05) is 26.2 Å². The second-order valence-electron chi connectivity index (χ2n) is 10.6. The van der Waals surface area contributed by atoms with E-state index in [0.717, 1.165) is 38.6 Å². The van der Waals surface area contributed by atoms with Crippen LogP contribution in [0.5, 0.6) is 0 Å². The molecule has 1 aliphatic heterocycles. The molecule has 2 aliphatic rings. The summed E-state index contributed by atoms with van der Waals surface area (Å²) in [6, 6.07) is -0.385. The molecule has 0 spiro atoms. The predicted molar refractivity (Wildman–Crippen MR) is 121 cm³/mol. The Kier molecular flexibility index (Phi) is 9.93. The van der Waals surface area contributed by atoms with E-state index < -0.39 is 24.0 Å². The standard InChI is InChI=1S/C24H44N2O5/c1-17-11-7-8-12-18(17)26(23(31)24(2,3)4)14-10-6-5-9-13-25-15-20(28)22(30)21(29)19(25)16-27/h17-20,22,27-28,30H,5-16H2,1-4H3/t17-,18-,19-,20+,22-/m1/s1. The molecule has 0 bridgehead atoms. The number of β-amino-alcohol motifs (C(OH)–C–C–N with tert-alkyl or cyclic N) is 1. The van der Waals surface area contributed by atoms with E-state index in [-0.39, 0.29) is 24.5 Å². The summed E-state index contributed by atoms with van der Waals surface area (Å²) in [5.41, 5.74) is -0.372. The smallest absolute Gasteiger partial charge is 0.228 e. The van der Waals surface area contributed by atoms with Gasteiger partial charge < -0.3 is 20.2 Å². The number of amides is 1. The number of unbranched alkanes of at least 4 members (excludes halogenated alkanes) is 3. The second-order valence-corrected chi connectivity index (χ2v) is 10.6. The van der Waals surface area contributed by atoms with Crippen molar-refractivity contribution in [2.45, 2.75) is 103 Å². The molecule has 1 amide bonds. The lowest BCUT2D eigenvalue weighted by molar-refractivity contribution is -0.149. The maximum Gasteiger partial charge on any atom is 0.228 e. The van der Waals surface area contributed by atoms with Crippen molar-refractivity contribution in [1.82, 2.24) is 9.80 Å². The SMILES string of the molecule is C[C@@H]1CCCC[C@H]1N(CCCCCCN1C[C@H](O)[C@@H](O)C(=O)[C@H]1CO)C(=O)C(C)(C)C. The molecule has 31 heavy (non-hydrogen) atoms. The number of hydrogen-bond acceptors (Lipinski definition) is 6. The number of likely N-dealkylation sites (tertiary alicyclic amines) is 1. The Morgan fingerprint density at radius 3 is 2.35 bits per heavy atom. The molecular weight excluding hydrogens is 396 g/mol. The van der Waals surface area contributed by atoms with E-state index in [1.807, 2.05) is 20.8 Å². The van der Waals surface area contributed by atoms with Gasteiger partial charge in [0.15, 0.2) is 5.78 Å². The van der Waals surface area contributed by atoms with E-state index in [0.29, 0.717) is 18.5 Å². The Hall–Kier alpha value is -1.02. The van der Waals surface area contributed by atoms with Crippen molar-refractivity contribution >= 4 is 11.7 Å². The fourth-order valence-electron chi connectivity index (χ4n) is 5.05. The van der Waals surface area contributed by atoms with Gasteiger partial charge in [0.25, 0.3) is 0 Å². The molecule has 1 saturated carbocycles. The van der Waals surface area contributed by atoms with Gasteiger partial charge in [0.05, 0.1) is 18.8 Å². The van der Waals surface area contributed by atoms with Crippen molar-refractivity contribution in [3.63, 3.8) is 0 Å². The average Bonchev–Trinajstić information content (AvgIpc) is 2.71. The molecule has 0 radical (unpaired) electrons. The van der Waals surface area contributed by atoms with Gasteiger partial charge in [-0.05, 0) is 38.1 Å². The summed E-state index contributed by atoms with van der Waals surface area (Å²) in [6.45, 7) is 9.52. The number of ketones is 1. The summed E-state index contributed by atoms with van der Waals surface area (Å²) < 4.78 is 0. The lowest BCUT2D eigenvalue weighted by Gasteiger charge is -2.41. The highest BCUT2D eigenvalue weighted by molar-refractivity contribution is 5.89. The van der Waals surface area contributed by atoms with Crippen molar-refractivity contribution in [3.05, 3.63) is 0 Å². The third-order valence-corrected chi connectivity index (χ3v) is 6.98. The van der Waals surface area contributed by atoms with Crippen LogP contribution in [0.25, 0.3) is 0 Å². The summed E-state index contributed by atoms with van der Waals surface area (Å²) in [6.07, 6.45) is 6.01. The first-order valence-corrected chi connectivity index (χ1v) is 12.1. The molecule has 1 aliphatic carbocycles. The molecule has 0 unspecified atom stereocenters. The van der Waals surface area contributed by atoms with Gasteiger partial charge in [-0.3, -0.25) is 14.5 Å². The van der Waals surface area contributed by atoms with Crippen LogP contribution < -0.4 is 0 Å². The molecule has 5 atom stereocenters. The third kappa shape index (κ3) is 6.98. The zero-order valence-corrected chi connectivity index (χ0v) is 19.9. The molecule has 2 rings (SSSR count). The van der Waals surface area contributed by atoms with Gasteiger partial charge >= 0.3 is 0 Å². The molecule has 0 aromatic heterocycles. The van der Waals surface area contributed by atoms with Crippen LogP contribution in [0.15, 0.2) is 0 Å². The minimum atomic E-state index is -1.40. The Labute approximate surface area is 187 Å². The zero-order chi connectivity index (χ0) is 23.2. The van der Waals surface area contributed by atoms with Gasteiger partial charge in [-0.25, -0.2) is 0 Å². The van der Waals surface area contributed by atoms with Crippen molar-refractivity contribution in [3.8, 4) is 0 Å². The van der Waals surface area contributed by atoms with Crippen LogP contribution in [0, 0.1) is 11.3 Å². The van der Waals surface area contributed by atoms with Crippen LogP contribution >= 0.6 is 0 Å². The Bertz CT molecular complexity index is 591. The minimum absolute atomic E-state index is 0.200. The molecule has 2 fully saturated rings. The van der Waals surface area contributed by atoms with Gasteiger partial charge in [0.1, 0.15) is 6.10 Å². The monoisotopic (exact) mass is 440 g/mol. The average molecular weight is 441 g/mol. The molecule has 180 valence electrons. The van der Waals surface area contributed by atoms with E-state index in [2.05, 4.69) is 11.8 Å². The van der Waals surface area contributed by atoms with Crippen LogP contribution in [0.2, 0.25) is 0 Å². The summed E-state index contributed by atoms with van der Waals surface area (Å²) >= 11 is 0. The fraction of sp³-hybridized carbons (Fsp3) is 0.917. The van der Waals surface area contributed by atoms with E-state index in [9.17, 15) is 24.9 Å². The van der Waals surface area contributed by atoms with Gasteiger partial charge in [-0.2, -0.15) is 0 Å². The van der Waals surface area contributed by atoms with Crippen LogP contribution in [0.3, 0.4) is 0 Å². The van der Waals surface area contributed by atoms with Gasteiger partial charge in [0.2, 0.25) is 5.91 Å². The Balaban J connectivity index is 1.80. The number of aliphatic hydroxyl groups excluding tert-OH is 3. The number of carbonyl (C=O) groups is 2. The van der Waals surface area contributed by atoms with Crippen LogP contribution in [0.4, 0.5) is 0 Å². The number of hydrogen-bond donors (Lipinski definition) is 3. The molecule has 1 heterocycles. The highest BCUT2D eigenvalue weighted by atomic mass is 16.3. The highest BCUT2D eigenvalue weighted by Gasteiger charge is 2.40. The van der Waals surface area contributed by atoms with E-state index in [1.54, 1.807) is 4.90 Å². The Morgan fingerprint density at radius 2 is 1.74 bits per heavy atom. The molecule has 0 aromatic rings. The quantitative estimate of drug-likeness (QED) is 0.474. The van der Waals surface area contributed by atoms with E-state index in [4.69, 9.17) is 0 Å². The lowest BCUT2D eigenvalue weighted by Crippen LogP contribution is -2.60. The maximum atomic E-state index is 13.1. The van der Waals surface area contributed by atoms with Gasteiger partial charge in [0, 0.05) is 24.5 Å². The van der Waals surface area contributed by atoms with Crippen molar-refractivity contribution in [2.24, 2.45) is 11.3 Å². The summed E-state index contributed by atoms with van der Waals surface area (Å²) in [5.74, 6) is 0.296. The fourth-order valence-corrected chi connectivity index (χ4v) is 5.05. The maximum absolute atomic E-state index is 13.1. The predicted octanol–water partition coefficient (Wildman–Crippen LogP) is 1.97. The van der Waals surface area contributed by atoms with Crippen LogP contribution in [-0.2, 0) is 9.59 Å². The molecule has 7 nitrogen and oxygen atoms in total. The molecule has 7 heteroatoms. The third-order valence-electron chi connectivity index (χ3n) is 6.98. The highest BCUT2D eigenvalue weighted by Crippen LogP contribution is 2.31. The summed E-state index contributed by atoms with van der Waals surface area (Å²) in [5, 5.41) is 29.1. The number of piperidine rings is 1. The van der Waals surface area contributed by atoms with E-state index in [1.165, 1.54) is 19.3 Å². The van der Waals surface area contributed by atoms with Crippen molar-refractivity contribution in [1.29, 1.82) is 0 Å². The molecule has 1 saturated heterocycles. The number of rotatable bonds is 9. The second kappa shape index (κ2) is 11.7. The summed E-state index contributed by atoms with van der Waals surface area (Å²) in [4.78, 5) is 29.1.